The monoisotopic (exact) mass is 344 g/mol. The van der Waals surface area contributed by atoms with E-state index in [1.807, 2.05) is 10.9 Å². The highest BCUT2D eigenvalue weighted by Gasteiger charge is 2.50. The van der Waals surface area contributed by atoms with Crippen molar-refractivity contribution in [3.05, 3.63) is 29.6 Å². The van der Waals surface area contributed by atoms with Crippen molar-refractivity contribution in [3.63, 3.8) is 0 Å². The Kier molecular flexibility index (Phi) is 4.44. The first-order valence-electron chi connectivity index (χ1n) is 9.53. The summed E-state index contributed by atoms with van der Waals surface area (Å²) in [5.41, 5.74) is 2.46. The first-order valence-corrected chi connectivity index (χ1v) is 9.53. The second kappa shape index (κ2) is 6.60. The van der Waals surface area contributed by atoms with Gasteiger partial charge in [0.25, 0.3) is 0 Å². The topological polar surface area (TPSA) is 53.3 Å². The van der Waals surface area contributed by atoms with Gasteiger partial charge in [0, 0.05) is 25.8 Å². The molecule has 2 fully saturated rings. The quantitative estimate of drug-likeness (QED) is 0.603. The maximum Gasteiger partial charge on any atom is 0.341 e. The number of nitrogens with zero attached hydrogens (tertiary/aromatic N) is 2. The Balaban J connectivity index is 1.28. The van der Waals surface area contributed by atoms with Gasteiger partial charge in [-0.05, 0) is 42.9 Å². The van der Waals surface area contributed by atoms with Crippen LogP contribution < -0.4 is 0 Å². The second-order valence-corrected chi connectivity index (χ2v) is 8.26. The number of hydrogen-bond acceptors (Lipinski definition) is 4. The van der Waals surface area contributed by atoms with Crippen molar-refractivity contribution in [1.29, 1.82) is 0 Å². The van der Waals surface area contributed by atoms with Gasteiger partial charge in [-0.1, -0.05) is 25.5 Å². The number of carbonyl (C=O) groups excluding carboxylic acids is 1. The summed E-state index contributed by atoms with van der Waals surface area (Å²) in [7, 11) is 0. The van der Waals surface area contributed by atoms with Crippen molar-refractivity contribution < 1.29 is 14.3 Å². The van der Waals surface area contributed by atoms with Gasteiger partial charge >= 0.3 is 5.97 Å². The molecule has 0 radical (unpaired) electrons. The average molecular weight is 344 g/mol. The van der Waals surface area contributed by atoms with Gasteiger partial charge < -0.3 is 9.47 Å². The lowest BCUT2D eigenvalue weighted by molar-refractivity contribution is -0.0103. The standard InChI is InChI=1S/C20H28N2O3/c1-20(2)16-4-3-14(18(20)11-16)5-10-25-19(23)15-12-21-22(13-15)17-6-8-24-9-7-17/h3,12-13,16-18H,4-11H2,1-2H3/t16-,18-/m0/s1. The van der Waals surface area contributed by atoms with Gasteiger partial charge in [0.15, 0.2) is 0 Å². The minimum Gasteiger partial charge on any atom is -0.462 e. The Morgan fingerprint density at radius 1 is 1.40 bits per heavy atom. The van der Waals surface area contributed by atoms with E-state index in [9.17, 15) is 4.79 Å². The predicted molar refractivity (Wildman–Crippen MR) is 94.3 cm³/mol. The van der Waals surface area contributed by atoms with Gasteiger partial charge in [-0.3, -0.25) is 4.68 Å². The highest BCUT2D eigenvalue weighted by atomic mass is 16.5. The van der Waals surface area contributed by atoms with Crippen molar-refractivity contribution in [3.8, 4) is 0 Å². The lowest BCUT2D eigenvalue weighted by Gasteiger charge is -2.56. The fourth-order valence-corrected chi connectivity index (χ4v) is 4.70. The van der Waals surface area contributed by atoms with Gasteiger partial charge in [-0.2, -0.15) is 5.10 Å². The van der Waals surface area contributed by atoms with E-state index in [0.29, 0.717) is 29.5 Å². The van der Waals surface area contributed by atoms with Crippen LogP contribution in [0, 0.1) is 17.3 Å². The van der Waals surface area contributed by atoms with Gasteiger partial charge in [-0.25, -0.2) is 4.79 Å². The molecule has 0 aromatic carbocycles. The van der Waals surface area contributed by atoms with Crippen LogP contribution in [0.2, 0.25) is 0 Å². The molecule has 5 heteroatoms. The minimum absolute atomic E-state index is 0.263. The number of rotatable bonds is 5. The molecular weight excluding hydrogens is 316 g/mol. The average Bonchev–Trinajstić information content (AvgIpc) is 3.12. The zero-order valence-corrected chi connectivity index (χ0v) is 15.2. The minimum atomic E-state index is -0.263. The van der Waals surface area contributed by atoms with Crippen LogP contribution in [0.4, 0.5) is 0 Å². The first-order chi connectivity index (χ1) is 12.1. The fourth-order valence-electron chi connectivity index (χ4n) is 4.70. The van der Waals surface area contributed by atoms with Crippen LogP contribution in [0.3, 0.4) is 0 Å². The first kappa shape index (κ1) is 16.8. The van der Waals surface area contributed by atoms with Crippen LogP contribution in [-0.4, -0.2) is 35.6 Å². The summed E-state index contributed by atoms with van der Waals surface area (Å²) < 4.78 is 12.8. The van der Waals surface area contributed by atoms with E-state index in [0.717, 1.165) is 38.4 Å². The Morgan fingerprint density at radius 2 is 2.20 bits per heavy atom. The molecule has 1 saturated heterocycles. The molecule has 1 saturated carbocycles. The number of aromatic nitrogens is 2. The number of fused-ring (bicyclic) bond motifs is 1. The van der Waals surface area contributed by atoms with E-state index >= 15 is 0 Å². The summed E-state index contributed by atoms with van der Waals surface area (Å²) in [5, 5.41) is 4.35. The Bertz CT molecular complexity index is 670. The molecule has 1 aromatic rings. The molecule has 25 heavy (non-hydrogen) atoms. The highest BCUT2D eigenvalue weighted by Crippen LogP contribution is 2.59. The molecular formula is C20H28N2O3. The molecule has 0 unspecified atom stereocenters. The summed E-state index contributed by atoms with van der Waals surface area (Å²) in [6.45, 7) is 6.73. The predicted octanol–water partition coefficient (Wildman–Crippen LogP) is 3.77. The van der Waals surface area contributed by atoms with Crippen LogP contribution >= 0.6 is 0 Å². The highest BCUT2D eigenvalue weighted by molar-refractivity contribution is 5.88. The molecule has 136 valence electrons. The number of carbonyl (C=O) groups is 1. The third-order valence-electron chi connectivity index (χ3n) is 6.61. The van der Waals surface area contributed by atoms with Gasteiger partial charge in [0.1, 0.15) is 0 Å². The summed E-state index contributed by atoms with van der Waals surface area (Å²) >= 11 is 0. The van der Waals surface area contributed by atoms with E-state index in [1.54, 1.807) is 6.20 Å². The van der Waals surface area contributed by atoms with E-state index in [4.69, 9.17) is 9.47 Å². The van der Waals surface area contributed by atoms with Gasteiger partial charge in [0.2, 0.25) is 0 Å². The van der Waals surface area contributed by atoms with E-state index < -0.39 is 0 Å². The van der Waals surface area contributed by atoms with Crippen molar-refractivity contribution in [2.45, 2.75) is 52.0 Å². The second-order valence-electron chi connectivity index (χ2n) is 8.26. The van der Waals surface area contributed by atoms with Crippen LogP contribution in [-0.2, 0) is 9.47 Å². The fraction of sp³-hybridized carbons (Fsp3) is 0.700. The normalized spacial score (nSPS) is 28.2. The molecule has 0 N–H and O–H groups in total. The Morgan fingerprint density at radius 3 is 2.92 bits per heavy atom. The van der Waals surface area contributed by atoms with E-state index in [2.05, 4.69) is 25.0 Å². The van der Waals surface area contributed by atoms with E-state index in [-0.39, 0.29) is 5.97 Å². The van der Waals surface area contributed by atoms with Crippen molar-refractivity contribution in [2.24, 2.45) is 17.3 Å². The van der Waals surface area contributed by atoms with E-state index in [1.165, 1.54) is 18.4 Å². The molecule has 5 rings (SSSR count). The van der Waals surface area contributed by atoms with Crippen LogP contribution in [0.5, 0.6) is 0 Å². The number of esters is 1. The Labute approximate surface area is 149 Å². The number of allylic oxidation sites excluding steroid dienone is 1. The largest absolute Gasteiger partial charge is 0.462 e. The van der Waals surface area contributed by atoms with Crippen LogP contribution in [0.15, 0.2) is 24.0 Å². The maximum absolute atomic E-state index is 12.3. The summed E-state index contributed by atoms with van der Waals surface area (Å²) in [4.78, 5) is 12.3. The van der Waals surface area contributed by atoms with Crippen molar-refractivity contribution >= 4 is 5.97 Å². The maximum atomic E-state index is 12.3. The van der Waals surface area contributed by atoms with Crippen molar-refractivity contribution in [1.82, 2.24) is 9.78 Å². The molecule has 1 aliphatic heterocycles. The van der Waals surface area contributed by atoms with Crippen LogP contribution in [0.25, 0.3) is 0 Å². The molecule has 0 spiro atoms. The smallest absolute Gasteiger partial charge is 0.341 e. The third-order valence-corrected chi connectivity index (χ3v) is 6.61. The molecule has 3 aliphatic carbocycles. The summed E-state index contributed by atoms with van der Waals surface area (Å²) in [5.74, 6) is 1.27. The van der Waals surface area contributed by atoms with Crippen molar-refractivity contribution in [2.75, 3.05) is 19.8 Å². The zero-order chi connectivity index (χ0) is 17.4. The van der Waals surface area contributed by atoms with Gasteiger partial charge in [-0.15, -0.1) is 0 Å². The summed E-state index contributed by atoms with van der Waals surface area (Å²) in [6, 6.07) is 0.330. The summed E-state index contributed by atoms with van der Waals surface area (Å²) in [6.07, 6.45) is 11.1. The molecule has 4 aliphatic rings. The third kappa shape index (κ3) is 3.14. The molecule has 2 bridgehead atoms. The molecule has 2 heterocycles. The number of hydrogen-bond donors (Lipinski definition) is 0. The molecule has 5 nitrogen and oxygen atoms in total. The Hall–Kier alpha value is -1.62. The van der Waals surface area contributed by atoms with Crippen LogP contribution in [0.1, 0.15) is 62.4 Å². The van der Waals surface area contributed by atoms with Gasteiger partial charge in [0.05, 0.1) is 24.4 Å². The molecule has 2 atom stereocenters. The molecule has 0 amide bonds. The molecule has 1 aromatic heterocycles. The zero-order valence-electron chi connectivity index (χ0n) is 15.2. The number of ether oxygens (including phenoxy) is 2. The SMILES string of the molecule is CC1(C)[C@H]2CC=C(CCOC(=O)c3cnn(C4CCOCC4)c3)[C@@H]1C2. The lowest BCUT2D eigenvalue weighted by atomic mass is 9.48. The lowest BCUT2D eigenvalue weighted by Crippen LogP contribution is -2.48.